The summed E-state index contributed by atoms with van der Waals surface area (Å²) in [5.74, 6) is -1.77. The van der Waals surface area contributed by atoms with Crippen LogP contribution >= 0.6 is 0 Å². The molecular formula is C30H33NO5. The van der Waals surface area contributed by atoms with Gasteiger partial charge in [0.25, 0.3) is 0 Å². The van der Waals surface area contributed by atoms with Crippen LogP contribution in [0.4, 0.5) is 0 Å². The molecular weight excluding hydrogens is 454 g/mol. The van der Waals surface area contributed by atoms with E-state index in [0.29, 0.717) is 12.8 Å². The number of ether oxygens (including phenoxy) is 1. The lowest BCUT2D eigenvalue weighted by atomic mass is 9.84. The molecule has 2 aromatic rings. The number of carbonyl (C=O) groups is 1. The van der Waals surface area contributed by atoms with E-state index in [1.54, 1.807) is 18.2 Å². The summed E-state index contributed by atoms with van der Waals surface area (Å²) in [7, 11) is 0. The van der Waals surface area contributed by atoms with Gasteiger partial charge in [-0.1, -0.05) is 59.7 Å². The molecule has 2 aliphatic rings. The minimum Gasteiger partial charge on any atom is -0.478 e. The lowest BCUT2D eigenvalue weighted by Crippen LogP contribution is -2.23. The molecule has 2 aromatic carbocycles. The van der Waals surface area contributed by atoms with E-state index in [4.69, 9.17) is 4.74 Å². The first-order chi connectivity index (χ1) is 17.4. The first-order valence-electron chi connectivity index (χ1n) is 12.5. The molecule has 2 aliphatic carbocycles. The lowest BCUT2D eigenvalue weighted by molar-refractivity contribution is 0.0658. The molecule has 0 aromatic heterocycles. The van der Waals surface area contributed by atoms with Crippen LogP contribution in [0.2, 0.25) is 0 Å². The third-order valence-corrected chi connectivity index (χ3v) is 7.41. The summed E-state index contributed by atoms with van der Waals surface area (Å²) >= 11 is 0. The van der Waals surface area contributed by atoms with Gasteiger partial charge in [-0.15, -0.1) is 0 Å². The first-order valence-corrected chi connectivity index (χ1v) is 12.5. The van der Waals surface area contributed by atoms with Crippen LogP contribution in [0.1, 0.15) is 71.7 Å². The Morgan fingerprint density at radius 3 is 2.61 bits per heavy atom. The van der Waals surface area contributed by atoms with E-state index in [2.05, 4.69) is 25.1 Å². The fraction of sp³-hybridized carbons (Fsp3) is 0.400. The zero-order valence-corrected chi connectivity index (χ0v) is 20.5. The number of allylic oxidation sites excluding steroid dienone is 3. The molecule has 0 bridgehead atoms. The Morgan fingerprint density at radius 1 is 1.17 bits per heavy atom. The van der Waals surface area contributed by atoms with E-state index in [1.807, 2.05) is 24.3 Å². The molecule has 36 heavy (non-hydrogen) atoms. The number of hydrogen-bond donors (Lipinski definition) is 3. The van der Waals surface area contributed by atoms with Gasteiger partial charge in [0.15, 0.2) is 0 Å². The van der Waals surface area contributed by atoms with Crippen molar-refractivity contribution in [1.29, 1.82) is 5.26 Å². The predicted octanol–water partition coefficient (Wildman–Crippen LogP) is 5.30. The lowest BCUT2D eigenvalue weighted by Gasteiger charge is -2.24. The van der Waals surface area contributed by atoms with Crippen LogP contribution in [-0.4, -0.2) is 34.0 Å². The number of nitriles is 1. The summed E-state index contributed by atoms with van der Waals surface area (Å²) in [5.41, 5.74) is 5.31. The molecule has 6 nitrogen and oxygen atoms in total. The molecule has 1 saturated carbocycles. The van der Waals surface area contributed by atoms with Gasteiger partial charge in [0.05, 0.1) is 43.0 Å². The summed E-state index contributed by atoms with van der Waals surface area (Å²) in [6, 6.07) is 16.6. The number of carboxylic acids is 1. The molecule has 0 aliphatic heterocycles. The van der Waals surface area contributed by atoms with Gasteiger partial charge in [-0.25, -0.2) is 4.79 Å². The van der Waals surface area contributed by atoms with Crippen molar-refractivity contribution in [3.8, 4) is 6.07 Å². The highest BCUT2D eigenvalue weighted by Gasteiger charge is 2.43. The van der Waals surface area contributed by atoms with Gasteiger partial charge in [-0.3, -0.25) is 0 Å². The summed E-state index contributed by atoms with van der Waals surface area (Å²) in [6.45, 7) is 2.63. The van der Waals surface area contributed by atoms with Crippen molar-refractivity contribution in [2.75, 3.05) is 6.61 Å². The normalized spacial score (nSPS) is 24.5. The largest absolute Gasteiger partial charge is 0.478 e. The fourth-order valence-corrected chi connectivity index (χ4v) is 5.32. The minimum atomic E-state index is -0.990. The highest BCUT2D eigenvalue weighted by Crippen LogP contribution is 2.44. The zero-order valence-electron chi connectivity index (χ0n) is 20.5. The third kappa shape index (κ3) is 6.11. The minimum absolute atomic E-state index is 0.189. The Kier molecular flexibility index (Phi) is 8.37. The average Bonchev–Trinajstić information content (AvgIpc) is 3.20. The van der Waals surface area contributed by atoms with E-state index in [1.165, 1.54) is 17.2 Å². The summed E-state index contributed by atoms with van der Waals surface area (Å²) < 4.78 is 5.92. The van der Waals surface area contributed by atoms with E-state index >= 15 is 0 Å². The first kappa shape index (κ1) is 25.8. The molecule has 1 fully saturated rings. The topological polar surface area (TPSA) is 111 Å². The molecule has 0 spiro atoms. The van der Waals surface area contributed by atoms with Gasteiger partial charge in [0.1, 0.15) is 0 Å². The van der Waals surface area contributed by atoms with Gasteiger partial charge in [-0.05, 0) is 61.4 Å². The summed E-state index contributed by atoms with van der Waals surface area (Å²) in [6.07, 6.45) is 5.98. The smallest absolute Gasteiger partial charge is 0.335 e. The van der Waals surface area contributed by atoms with Crippen LogP contribution in [-0.2, 0) is 11.3 Å². The molecule has 4 rings (SSSR count). The van der Waals surface area contributed by atoms with Crippen molar-refractivity contribution in [1.82, 2.24) is 0 Å². The van der Waals surface area contributed by atoms with Crippen molar-refractivity contribution < 1.29 is 24.9 Å². The molecule has 0 saturated heterocycles. The second-order valence-corrected chi connectivity index (χ2v) is 9.97. The van der Waals surface area contributed by atoms with Crippen LogP contribution in [0, 0.1) is 23.2 Å². The highest BCUT2D eigenvalue weighted by molar-refractivity contribution is 5.87. The Morgan fingerprint density at radius 2 is 1.94 bits per heavy atom. The monoisotopic (exact) mass is 487 g/mol. The van der Waals surface area contributed by atoms with E-state index < -0.39 is 18.2 Å². The molecule has 188 valence electrons. The second-order valence-electron chi connectivity index (χ2n) is 9.97. The Bertz CT molecular complexity index is 1180. The summed E-state index contributed by atoms with van der Waals surface area (Å²) in [4.78, 5) is 11.2. The molecule has 5 atom stereocenters. The maximum absolute atomic E-state index is 11.2. The number of hydrogen-bond acceptors (Lipinski definition) is 5. The van der Waals surface area contributed by atoms with Gasteiger partial charge in [0.2, 0.25) is 0 Å². The summed E-state index contributed by atoms with van der Waals surface area (Å²) in [5, 5.41) is 40.4. The molecule has 3 N–H and O–H groups in total. The number of nitrogens with zero attached hydrogens (tertiary/aromatic N) is 1. The predicted molar refractivity (Wildman–Crippen MR) is 136 cm³/mol. The third-order valence-electron chi connectivity index (χ3n) is 7.41. The quantitative estimate of drug-likeness (QED) is 0.443. The zero-order chi connectivity index (χ0) is 25.7. The van der Waals surface area contributed by atoms with Crippen molar-refractivity contribution in [2.24, 2.45) is 11.8 Å². The Hall–Kier alpha value is -3.24. The average molecular weight is 488 g/mol. The number of aromatic carboxylic acids is 1. The van der Waals surface area contributed by atoms with Crippen LogP contribution in [0.5, 0.6) is 0 Å². The number of aliphatic hydroxyl groups excluding tert-OH is 2. The Balaban J connectivity index is 1.42. The molecule has 6 heteroatoms. The van der Waals surface area contributed by atoms with Gasteiger partial charge in [-0.2, -0.15) is 5.26 Å². The van der Waals surface area contributed by atoms with E-state index in [9.17, 15) is 25.4 Å². The number of aliphatic hydroxyl groups is 2. The highest BCUT2D eigenvalue weighted by atomic mass is 16.5. The van der Waals surface area contributed by atoms with Crippen molar-refractivity contribution in [3.05, 3.63) is 94.1 Å². The van der Waals surface area contributed by atoms with E-state index in [0.717, 1.165) is 29.5 Å². The van der Waals surface area contributed by atoms with Crippen molar-refractivity contribution in [3.63, 3.8) is 0 Å². The molecule has 0 radical (unpaired) electrons. The standard InChI is InChI=1S/C30H33NO5/c1-19-5-7-20(8-6-19)14-27(32)22-9-11-23(12-10-22)29-26(25(16-31)15-28(29)33)18-36-17-21-3-2-4-24(13-21)30(34)35/h2-5,7,9-13,25-29,32-33H,6,8,14-15,17-18H2,1H3,(H,34,35)/t25-,26?,27?,28+,29?/m0/s1. The van der Waals surface area contributed by atoms with Crippen LogP contribution in [0.25, 0.3) is 0 Å². The van der Waals surface area contributed by atoms with Gasteiger partial charge < -0.3 is 20.1 Å². The van der Waals surface area contributed by atoms with E-state index in [-0.39, 0.29) is 36.5 Å². The van der Waals surface area contributed by atoms with Crippen molar-refractivity contribution >= 4 is 5.97 Å². The molecule has 0 amide bonds. The van der Waals surface area contributed by atoms with Crippen LogP contribution in [0.15, 0.2) is 71.8 Å². The van der Waals surface area contributed by atoms with Gasteiger partial charge in [0, 0.05) is 11.8 Å². The van der Waals surface area contributed by atoms with Gasteiger partial charge >= 0.3 is 5.97 Å². The maximum Gasteiger partial charge on any atom is 0.335 e. The second kappa shape index (κ2) is 11.7. The molecule has 3 unspecified atom stereocenters. The number of carboxylic acid groups (broad SMARTS) is 1. The van der Waals surface area contributed by atoms with Crippen LogP contribution < -0.4 is 0 Å². The van der Waals surface area contributed by atoms with Crippen molar-refractivity contribution in [2.45, 2.75) is 57.3 Å². The fourth-order valence-electron chi connectivity index (χ4n) is 5.32. The maximum atomic E-state index is 11.2. The SMILES string of the molecule is CC1=CC=C(CC(O)c2ccc(C3C(COCc4cccc(C(=O)O)c4)[C@H](C#N)C[C@H]3O)cc2)CC1. The van der Waals surface area contributed by atoms with Crippen LogP contribution in [0.3, 0.4) is 0 Å². The molecule has 0 heterocycles. The number of rotatable bonds is 9. The number of benzene rings is 2. The Labute approximate surface area is 212 Å².